The molecular weight excluding hydrogens is 222 g/mol. The van der Waals surface area contributed by atoms with Crippen LogP contribution in [0.1, 0.15) is 12.5 Å². The molecule has 1 unspecified atom stereocenters. The lowest BCUT2D eigenvalue weighted by Gasteiger charge is -2.09. The summed E-state index contributed by atoms with van der Waals surface area (Å²) in [5, 5.41) is 2.21. The minimum absolute atomic E-state index is 0.143. The molecule has 0 radical (unpaired) electrons. The molecule has 0 aliphatic rings. The molecule has 1 rings (SSSR count). The first-order valence-electron chi connectivity index (χ1n) is 5.20. The maximum absolute atomic E-state index is 11.3. The Balaban J connectivity index is 2.49. The minimum Gasteiger partial charge on any atom is -0.347 e. The first kappa shape index (κ1) is 12.8. The molecule has 1 aromatic carbocycles. The lowest BCUT2D eigenvalue weighted by Crippen LogP contribution is -2.22. The summed E-state index contributed by atoms with van der Waals surface area (Å²) in [4.78, 5) is 22.1. The van der Waals surface area contributed by atoms with Gasteiger partial charge in [-0.3, -0.25) is 4.79 Å². The normalized spacial score (nSPS) is 11.8. The largest absolute Gasteiger partial charge is 0.347 e. The van der Waals surface area contributed by atoms with Gasteiger partial charge >= 0.3 is 0 Å². The van der Waals surface area contributed by atoms with Gasteiger partial charge in [-0.15, -0.1) is 0 Å². The third-order valence-corrected chi connectivity index (χ3v) is 2.95. The van der Waals surface area contributed by atoms with Gasteiger partial charge < -0.3 is 10.1 Å². The highest BCUT2D eigenvalue weighted by Crippen LogP contribution is 2.15. The van der Waals surface area contributed by atoms with E-state index in [9.17, 15) is 9.59 Å². The van der Waals surface area contributed by atoms with Gasteiger partial charge in [0.25, 0.3) is 5.24 Å². The Morgan fingerprint density at radius 3 is 2.69 bits per heavy atom. The zero-order chi connectivity index (χ0) is 11.8. The average molecular weight is 237 g/mol. The van der Waals surface area contributed by atoms with E-state index in [4.69, 9.17) is 0 Å². The third kappa shape index (κ3) is 4.49. The number of carbonyl (C=O) groups is 2. The van der Waals surface area contributed by atoms with Gasteiger partial charge in [-0.2, -0.15) is 0 Å². The van der Waals surface area contributed by atoms with Crippen molar-refractivity contribution in [2.45, 2.75) is 18.6 Å². The van der Waals surface area contributed by atoms with E-state index >= 15 is 0 Å². The molecule has 0 spiro atoms. The van der Waals surface area contributed by atoms with Crippen LogP contribution in [0.2, 0.25) is 0 Å². The molecule has 0 fully saturated rings. The predicted octanol–water partition coefficient (Wildman–Crippen LogP) is 2.26. The standard InChI is InChI=1S/C12H15NO2S/c1-2-13-12(15)16-11(9-14)8-10-6-4-3-5-7-10/h3-7,9,11H,2,8H2,1H3,(H,13,15). The first-order valence-corrected chi connectivity index (χ1v) is 6.08. The molecule has 1 aromatic rings. The third-order valence-electron chi connectivity index (χ3n) is 2.01. The van der Waals surface area contributed by atoms with E-state index in [1.807, 2.05) is 37.3 Å². The molecule has 86 valence electrons. The Hall–Kier alpha value is -1.29. The highest BCUT2D eigenvalue weighted by atomic mass is 32.2. The van der Waals surface area contributed by atoms with Crippen LogP contribution in [0, 0.1) is 0 Å². The number of rotatable bonds is 5. The molecule has 3 nitrogen and oxygen atoms in total. The highest BCUT2D eigenvalue weighted by molar-refractivity contribution is 8.14. The number of nitrogens with one attached hydrogen (secondary N) is 1. The molecule has 1 amide bonds. The van der Waals surface area contributed by atoms with Crippen molar-refractivity contribution in [1.82, 2.24) is 5.32 Å². The van der Waals surface area contributed by atoms with Gasteiger partial charge in [0.05, 0.1) is 5.25 Å². The Bertz CT molecular complexity index is 340. The Labute approximate surface area is 99.6 Å². The van der Waals surface area contributed by atoms with Crippen LogP contribution in [0.5, 0.6) is 0 Å². The van der Waals surface area contributed by atoms with Crippen molar-refractivity contribution in [3.8, 4) is 0 Å². The van der Waals surface area contributed by atoms with Gasteiger partial charge in [0.2, 0.25) is 0 Å². The Morgan fingerprint density at radius 2 is 2.12 bits per heavy atom. The van der Waals surface area contributed by atoms with E-state index in [1.165, 1.54) is 0 Å². The summed E-state index contributed by atoms with van der Waals surface area (Å²) in [5.41, 5.74) is 1.07. The topological polar surface area (TPSA) is 46.2 Å². The van der Waals surface area contributed by atoms with Crippen LogP contribution in [0.3, 0.4) is 0 Å². The van der Waals surface area contributed by atoms with E-state index < -0.39 is 0 Å². The van der Waals surface area contributed by atoms with Crippen LogP contribution in [0.25, 0.3) is 0 Å². The molecule has 1 N–H and O–H groups in total. The summed E-state index contributed by atoms with van der Waals surface area (Å²) in [5.74, 6) is 0. The van der Waals surface area contributed by atoms with Crippen LogP contribution in [-0.2, 0) is 11.2 Å². The lowest BCUT2D eigenvalue weighted by molar-refractivity contribution is -0.107. The number of amides is 1. The van der Waals surface area contributed by atoms with Crippen LogP contribution in [-0.4, -0.2) is 23.3 Å². The molecule has 0 bridgehead atoms. The van der Waals surface area contributed by atoms with Crippen molar-refractivity contribution in [3.63, 3.8) is 0 Å². The second kappa shape index (κ2) is 7.06. The molecule has 0 heterocycles. The Morgan fingerprint density at radius 1 is 1.44 bits per heavy atom. The van der Waals surface area contributed by atoms with E-state index in [1.54, 1.807) is 0 Å². The van der Waals surface area contributed by atoms with Crippen molar-refractivity contribution in [1.29, 1.82) is 0 Å². The molecular formula is C12H15NO2S. The number of thioether (sulfide) groups is 1. The van der Waals surface area contributed by atoms with Crippen LogP contribution in [0.15, 0.2) is 30.3 Å². The van der Waals surface area contributed by atoms with Crippen molar-refractivity contribution < 1.29 is 9.59 Å². The van der Waals surface area contributed by atoms with E-state index in [0.717, 1.165) is 23.6 Å². The molecule has 0 aromatic heterocycles. The van der Waals surface area contributed by atoms with Crippen molar-refractivity contribution in [2.75, 3.05) is 6.54 Å². The van der Waals surface area contributed by atoms with Gasteiger partial charge in [0.1, 0.15) is 6.29 Å². The van der Waals surface area contributed by atoms with Gasteiger partial charge in [-0.1, -0.05) is 42.1 Å². The van der Waals surface area contributed by atoms with Crippen molar-refractivity contribution in [3.05, 3.63) is 35.9 Å². The highest BCUT2D eigenvalue weighted by Gasteiger charge is 2.13. The fourth-order valence-electron chi connectivity index (χ4n) is 1.29. The average Bonchev–Trinajstić information content (AvgIpc) is 2.30. The van der Waals surface area contributed by atoms with Crippen LogP contribution >= 0.6 is 11.8 Å². The SMILES string of the molecule is CCNC(=O)SC(C=O)Cc1ccccc1. The molecule has 0 saturated carbocycles. The lowest BCUT2D eigenvalue weighted by atomic mass is 10.1. The number of hydrogen-bond donors (Lipinski definition) is 1. The number of benzene rings is 1. The monoisotopic (exact) mass is 237 g/mol. The quantitative estimate of drug-likeness (QED) is 0.799. The minimum atomic E-state index is -0.311. The summed E-state index contributed by atoms with van der Waals surface area (Å²) in [7, 11) is 0. The van der Waals surface area contributed by atoms with Gasteiger partial charge in [-0.05, 0) is 18.9 Å². The van der Waals surface area contributed by atoms with E-state index in [-0.39, 0.29) is 10.5 Å². The molecule has 0 saturated heterocycles. The maximum Gasteiger partial charge on any atom is 0.279 e. The molecule has 16 heavy (non-hydrogen) atoms. The van der Waals surface area contributed by atoms with Gasteiger partial charge in [0.15, 0.2) is 0 Å². The van der Waals surface area contributed by atoms with E-state index in [0.29, 0.717) is 13.0 Å². The summed E-state index contributed by atoms with van der Waals surface area (Å²) in [6.07, 6.45) is 1.42. The van der Waals surface area contributed by atoms with Crippen LogP contribution in [0.4, 0.5) is 4.79 Å². The van der Waals surface area contributed by atoms with Crippen molar-refractivity contribution >= 4 is 23.3 Å². The molecule has 0 aliphatic heterocycles. The number of hydrogen-bond acceptors (Lipinski definition) is 3. The summed E-state index contributed by atoms with van der Waals surface area (Å²) in [6, 6.07) is 9.68. The number of aldehydes is 1. The molecule has 0 aliphatic carbocycles. The summed E-state index contributed by atoms with van der Waals surface area (Å²) in [6.45, 7) is 2.44. The zero-order valence-corrected chi connectivity index (χ0v) is 10.00. The van der Waals surface area contributed by atoms with Gasteiger partial charge in [-0.25, -0.2) is 0 Å². The summed E-state index contributed by atoms with van der Waals surface area (Å²) >= 11 is 1.05. The Kier molecular flexibility index (Phi) is 5.64. The zero-order valence-electron chi connectivity index (χ0n) is 9.18. The van der Waals surface area contributed by atoms with Gasteiger partial charge in [0, 0.05) is 6.54 Å². The second-order valence-electron chi connectivity index (χ2n) is 3.30. The van der Waals surface area contributed by atoms with E-state index in [2.05, 4.69) is 5.32 Å². The van der Waals surface area contributed by atoms with Crippen molar-refractivity contribution in [2.24, 2.45) is 0 Å². The predicted molar refractivity (Wildman–Crippen MR) is 66.7 cm³/mol. The fraction of sp³-hybridized carbons (Fsp3) is 0.333. The summed E-state index contributed by atoms with van der Waals surface area (Å²) < 4.78 is 0. The fourth-order valence-corrected chi connectivity index (χ4v) is 2.12. The maximum atomic E-state index is 11.3. The molecule has 4 heteroatoms. The molecule has 1 atom stereocenters. The first-order chi connectivity index (χ1) is 7.76. The number of carbonyl (C=O) groups excluding carboxylic acids is 2. The van der Waals surface area contributed by atoms with Crippen LogP contribution < -0.4 is 5.32 Å². The smallest absolute Gasteiger partial charge is 0.279 e. The second-order valence-corrected chi connectivity index (χ2v) is 4.51.